The first-order valence-corrected chi connectivity index (χ1v) is 9.74. The maximum Gasteiger partial charge on any atom is 0.261 e. The summed E-state index contributed by atoms with van der Waals surface area (Å²) in [5.41, 5.74) is 1.37. The second-order valence-electron chi connectivity index (χ2n) is 5.69. The van der Waals surface area contributed by atoms with Crippen molar-refractivity contribution < 1.29 is 4.79 Å². The van der Waals surface area contributed by atoms with Gasteiger partial charge in [0, 0.05) is 22.6 Å². The van der Waals surface area contributed by atoms with Crippen LogP contribution in [0.15, 0.2) is 6.07 Å². The number of nitrogens with one attached hydrogen (secondary N) is 1. The summed E-state index contributed by atoms with van der Waals surface area (Å²) in [6.45, 7) is 0.805. The topological polar surface area (TPSA) is 29.1 Å². The van der Waals surface area contributed by atoms with Gasteiger partial charge in [-0.15, -0.1) is 22.9 Å². The van der Waals surface area contributed by atoms with Crippen molar-refractivity contribution in [3.63, 3.8) is 0 Å². The largest absolute Gasteiger partial charge is 0.351 e. The van der Waals surface area contributed by atoms with Crippen molar-refractivity contribution in [1.82, 2.24) is 5.32 Å². The summed E-state index contributed by atoms with van der Waals surface area (Å²) in [4.78, 5) is 14.5. The highest BCUT2D eigenvalue weighted by Crippen LogP contribution is 2.32. The van der Waals surface area contributed by atoms with E-state index in [1.165, 1.54) is 16.2 Å². The zero-order chi connectivity index (χ0) is 13.9. The standard InChI is InChI=1S/C15H20ClNOS2/c16-12-3-1-10(2-4-12)8-17-15(18)14-7-11-9-19-6-5-13(11)20-14/h7,10,12H,1-6,8-9H2,(H,17,18). The molecule has 0 bridgehead atoms. The Morgan fingerprint density at radius 3 is 2.90 bits per heavy atom. The Morgan fingerprint density at radius 2 is 2.15 bits per heavy atom. The molecule has 110 valence electrons. The molecule has 1 N–H and O–H groups in total. The molecule has 5 heteroatoms. The number of hydrogen-bond acceptors (Lipinski definition) is 3. The van der Waals surface area contributed by atoms with Crippen molar-refractivity contribution in [2.45, 2.75) is 43.2 Å². The zero-order valence-electron chi connectivity index (χ0n) is 11.5. The van der Waals surface area contributed by atoms with Gasteiger partial charge in [-0.1, -0.05) is 0 Å². The van der Waals surface area contributed by atoms with E-state index in [0.717, 1.165) is 49.3 Å². The number of carbonyl (C=O) groups excluding carboxylic acids is 1. The summed E-state index contributed by atoms with van der Waals surface area (Å²) in [7, 11) is 0. The Kier molecular flexibility index (Phi) is 4.95. The first-order valence-electron chi connectivity index (χ1n) is 7.34. The van der Waals surface area contributed by atoms with E-state index in [-0.39, 0.29) is 5.91 Å². The number of amides is 1. The molecule has 1 amide bonds. The van der Waals surface area contributed by atoms with Crippen LogP contribution in [-0.2, 0) is 12.2 Å². The van der Waals surface area contributed by atoms with Crippen molar-refractivity contribution >= 4 is 40.6 Å². The van der Waals surface area contributed by atoms with Gasteiger partial charge in [-0.25, -0.2) is 0 Å². The minimum absolute atomic E-state index is 0.113. The van der Waals surface area contributed by atoms with Gasteiger partial charge in [0.25, 0.3) is 5.91 Å². The molecule has 1 aliphatic heterocycles. The van der Waals surface area contributed by atoms with Crippen molar-refractivity contribution in [2.75, 3.05) is 12.3 Å². The molecule has 2 heterocycles. The molecule has 2 nitrogen and oxygen atoms in total. The molecule has 1 aromatic heterocycles. The third kappa shape index (κ3) is 3.52. The van der Waals surface area contributed by atoms with Crippen LogP contribution in [0.25, 0.3) is 0 Å². The summed E-state index contributed by atoms with van der Waals surface area (Å²) >= 11 is 9.76. The van der Waals surface area contributed by atoms with Crippen molar-refractivity contribution in [1.29, 1.82) is 0 Å². The summed E-state index contributed by atoms with van der Waals surface area (Å²) in [5.74, 6) is 2.98. The van der Waals surface area contributed by atoms with Crippen molar-refractivity contribution in [3.8, 4) is 0 Å². The van der Waals surface area contributed by atoms with Crippen LogP contribution in [0.5, 0.6) is 0 Å². The molecule has 0 aromatic carbocycles. The normalized spacial score (nSPS) is 26.1. The molecule has 0 radical (unpaired) electrons. The van der Waals surface area contributed by atoms with Crippen LogP contribution in [0.2, 0.25) is 0 Å². The van der Waals surface area contributed by atoms with Crippen molar-refractivity contribution in [2.24, 2.45) is 5.92 Å². The molecule has 20 heavy (non-hydrogen) atoms. The van der Waals surface area contributed by atoms with E-state index < -0.39 is 0 Å². The lowest BCUT2D eigenvalue weighted by Gasteiger charge is -2.24. The maximum absolute atomic E-state index is 12.2. The number of thiophene rings is 1. The highest BCUT2D eigenvalue weighted by molar-refractivity contribution is 7.98. The number of aryl methyl sites for hydroxylation is 1. The van der Waals surface area contributed by atoms with Gasteiger partial charge < -0.3 is 5.32 Å². The Bertz CT molecular complexity index is 457. The van der Waals surface area contributed by atoms with E-state index >= 15 is 0 Å². The smallest absolute Gasteiger partial charge is 0.261 e. The minimum atomic E-state index is 0.113. The first-order chi connectivity index (χ1) is 9.72. The lowest BCUT2D eigenvalue weighted by molar-refractivity contribution is 0.0948. The highest BCUT2D eigenvalue weighted by Gasteiger charge is 2.21. The van der Waals surface area contributed by atoms with Crippen molar-refractivity contribution in [3.05, 3.63) is 21.4 Å². The lowest BCUT2D eigenvalue weighted by Crippen LogP contribution is -2.31. The van der Waals surface area contributed by atoms with Gasteiger partial charge in [-0.05, 0) is 55.4 Å². The number of fused-ring (bicyclic) bond motifs is 1. The van der Waals surface area contributed by atoms with E-state index in [0.29, 0.717) is 11.3 Å². The second kappa shape index (κ2) is 6.71. The average molecular weight is 330 g/mol. The van der Waals surface area contributed by atoms with Gasteiger partial charge in [0.15, 0.2) is 0 Å². The average Bonchev–Trinajstić information content (AvgIpc) is 2.90. The fourth-order valence-corrected chi connectivity index (χ4v) is 5.45. The van der Waals surface area contributed by atoms with Gasteiger partial charge in [-0.2, -0.15) is 11.8 Å². The fraction of sp³-hybridized carbons (Fsp3) is 0.667. The monoisotopic (exact) mass is 329 g/mol. The molecule has 0 spiro atoms. The zero-order valence-corrected chi connectivity index (χ0v) is 13.9. The van der Waals surface area contributed by atoms with Crippen LogP contribution in [0.4, 0.5) is 0 Å². The molecule has 0 unspecified atom stereocenters. The quantitative estimate of drug-likeness (QED) is 0.847. The summed E-state index contributed by atoms with van der Waals surface area (Å²) < 4.78 is 0. The predicted molar refractivity (Wildman–Crippen MR) is 88.1 cm³/mol. The minimum Gasteiger partial charge on any atom is -0.351 e. The van der Waals surface area contributed by atoms with Crippen LogP contribution < -0.4 is 5.32 Å². The third-order valence-electron chi connectivity index (χ3n) is 4.18. The van der Waals surface area contributed by atoms with Gasteiger partial charge >= 0.3 is 0 Å². The number of alkyl halides is 1. The Labute approximate surface area is 133 Å². The van der Waals surface area contributed by atoms with Gasteiger partial charge in [0.1, 0.15) is 0 Å². The molecule has 1 aromatic rings. The molecule has 0 saturated heterocycles. The molecule has 1 saturated carbocycles. The van der Waals surface area contributed by atoms with E-state index in [1.807, 2.05) is 11.8 Å². The first kappa shape index (κ1) is 14.7. The SMILES string of the molecule is O=C(NCC1CCC(Cl)CC1)c1cc2c(s1)CCSC2. The third-order valence-corrected chi connectivity index (χ3v) is 6.86. The van der Waals surface area contributed by atoms with Gasteiger partial charge in [-0.3, -0.25) is 4.79 Å². The number of carbonyl (C=O) groups is 1. The Hall–Kier alpha value is -0.190. The molecule has 1 fully saturated rings. The van der Waals surface area contributed by atoms with Crippen LogP contribution >= 0.6 is 34.7 Å². The summed E-state index contributed by atoms with van der Waals surface area (Å²) in [6, 6.07) is 2.09. The highest BCUT2D eigenvalue weighted by atomic mass is 35.5. The number of hydrogen-bond donors (Lipinski definition) is 1. The van der Waals surface area contributed by atoms with E-state index in [2.05, 4.69) is 11.4 Å². The van der Waals surface area contributed by atoms with Gasteiger partial charge in [0.2, 0.25) is 0 Å². The van der Waals surface area contributed by atoms with E-state index in [1.54, 1.807) is 11.3 Å². The van der Waals surface area contributed by atoms with E-state index in [9.17, 15) is 4.79 Å². The molecule has 0 atom stereocenters. The molecule has 1 aliphatic carbocycles. The Morgan fingerprint density at radius 1 is 1.35 bits per heavy atom. The molecular formula is C15H20ClNOS2. The number of halogens is 1. The maximum atomic E-state index is 12.2. The van der Waals surface area contributed by atoms with Gasteiger partial charge in [0.05, 0.1) is 4.88 Å². The molecule has 2 aliphatic rings. The van der Waals surface area contributed by atoms with E-state index in [4.69, 9.17) is 11.6 Å². The lowest BCUT2D eigenvalue weighted by atomic mass is 9.89. The Balaban J connectivity index is 1.52. The fourth-order valence-electron chi connectivity index (χ4n) is 2.91. The predicted octanol–water partition coefficient (Wildman–Crippen LogP) is 4.06. The summed E-state index contributed by atoms with van der Waals surface area (Å²) in [5, 5.41) is 3.46. The van der Waals surface area contributed by atoms with Crippen LogP contribution in [0, 0.1) is 5.92 Å². The molecular weight excluding hydrogens is 310 g/mol. The second-order valence-corrected chi connectivity index (χ2v) is 8.55. The number of thioether (sulfide) groups is 1. The molecule has 3 rings (SSSR count). The van der Waals surface area contributed by atoms with Crippen LogP contribution in [0.1, 0.15) is 45.8 Å². The number of rotatable bonds is 3. The van der Waals surface area contributed by atoms with Crippen LogP contribution in [0.3, 0.4) is 0 Å². The summed E-state index contributed by atoms with van der Waals surface area (Å²) in [6.07, 6.45) is 5.59. The van der Waals surface area contributed by atoms with Crippen LogP contribution in [-0.4, -0.2) is 23.6 Å².